The molecule has 8 heteroatoms. The van der Waals surface area contributed by atoms with Gasteiger partial charge in [-0.05, 0) is 24.3 Å². The lowest BCUT2D eigenvalue weighted by Crippen LogP contribution is -2.30. The lowest BCUT2D eigenvalue weighted by atomic mass is 10.1. The SMILES string of the molecule is O=C(Nc1ccccc1C(=O)O)C(=O)Nc1ccccc1C(=O)O. The molecule has 0 saturated carbocycles. The summed E-state index contributed by atoms with van der Waals surface area (Å²) < 4.78 is 0. The van der Waals surface area contributed by atoms with Gasteiger partial charge in [-0.3, -0.25) is 9.59 Å². The predicted molar refractivity (Wildman–Crippen MR) is 84.1 cm³/mol. The summed E-state index contributed by atoms with van der Waals surface area (Å²) in [7, 11) is 0. The van der Waals surface area contributed by atoms with E-state index in [1.54, 1.807) is 0 Å². The van der Waals surface area contributed by atoms with Gasteiger partial charge in [0.25, 0.3) is 0 Å². The number of para-hydroxylation sites is 2. The summed E-state index contributed by atoms with van der Waals surface area (Å²) >= 11 is 0. The van der Waals surface area contributed by atoms with Crippen LogP contribution in [0.5, 0.6) is 0 Å². The summed E-state index contributed by atoms with van der Waals surface area (Å²) in [5.74, 6) is -4.77. The highest BCUT2D eigenvalue weighted by atomic mass is 16.4. The fraction of sp³-hybridized carbons (Fsp3) is 0. The largest absolute Gasteiger partial charge is 0.478 e. The molecule has 0 atom stereocenters. The second kappa shape index (κ2) is 7.05. The maximum absolute atomic E-state index is 11.9. The van der Waals surface area contributed by atoms with E-state index in [9.17, 15) is 19.2 Å². The smallest absolute Gasteiger partial charge is 0.337 e. The normalized spacial score (nSPS) is 9.83. The fourth-order valence-electron chi connectivity index (χ4n) is 1.92. The van der Waals surface area contributed by atoms with E-state index in [4.69, 9.17) is 10.2 Å². The van der Waals surface area contributed by atoms with Crippen LogP contribution < -0.4 is 10.6 Å². The first-order chi connectivity index (χ1) is 11.4. The summed E-state index contributed by atoms with van der Waals surface area (Å²) in [6.07, 6.45) is 0. The lowest BCUT2D eigenvalue weighted by Gasteiger charge is -2.10. The number of anilines is 2. The second-order valence-corrected chi connectivity index (χ2v) is 4.61. The zero-order valence-corrected chi connectivity index (χ0v) is 12.1. The van der Waals surface area contributed by atoms with E-state index < -0.39 is 23.8 Å². The Kier molecular flexibility index (Phi) is 4.90. The van der Waals surface area contributed by atoms with Gasteiger partial charge in [0, 0.05) is 0 Å². The van der Waals surface area contributed by atoms with Crippen LogP contribution in [0.25, 0.3) is 0 Å². The quantitative estimate of drug-likeness (QED) is 0.631. The Morgan fingerprint density at radius 2 is 0.958 bits per heavy atom. The lowest BCUT2D eigenvalue weighted by molar-refractivity contribution is -0.133. The number of benzene rings is 2. The first-order valence-electron chi connectivity index (χ1n) is 6.67. The summed E-state index contributed by atoms with van der Waals surface area (Å²) in [4.78, 5) is 46.0. The average molecular weight is 328 g/mol. The van der Waals surface area contributed by atoms with Crippen LogP contribution in [0.2, 0.25) is 0 Å². The highest BCUT2D eigenvalue weighted by Gasteiger charge is 2.19. The van der Waals surface area contributed by atoms with Gasteiger partial charge >= 0.3 is 23.8 Å². The van der Waals surface area contributed by atoms with Gasteiger partial charge in [0.2, 0.25) is 0 Å². The van der Waals surface area contributed by atoms with Gasteiger partial charge in [0.15, 0.2) is 0 Å². The first-order valence-corrected chi connectivity index (χ1v) is 6.67. The van der Waals surface area contributed by atoms with Crippen molar-refractivity contribution in [3.63, 3.8) is 0 Å². The van der Waals surface area contributed by atoms with Crippen molar-refractivity contribution in [3.05, 3.63) is 59.7 Å². The van der Waals surface area contributed by atoms with Gasteiger partial charge in [0.05, 0.1) is 22.5 Å². The Bertz CT molecular complexity index is 761. The van der Waals surface area contributed by atoms with Crippen LogP contribution in [0.15, 0.2) is 48.5 Å². The molecule has 0 aliphatic heterocycles. The Balaban J connectivity index is 2.16. The molecule has 122 valence electrons. The van der Waals surface area contributed by atoms with Crippen LogP contribution in [-0.2, 0) is 9.59 Å². The number of hydrogen-bond donors (Lipinski definition) is 4. The standard InChI is InChI=1S/C16H12N2O6/c19-13(17-11-7-3-1-5-9(11)15(21)22)14(20)18-12-8-4-2-6-10(12)16(23)24/h1-8H,(H,17,19)(H,18,20)(H,21,22)(H,23,24). The van der Waals surface area contributed by atoms with Crippen molar-refractivity contribution >= 4 is 35.1 Å². The number of aromatic carboxylic acids is 2. The number of hydrogen-bond acceptors (Lipinski definition) is 4. The minimum Gasteiger partial charge on any atom is -0.478 e. The predicted octanol–water partition coefficient (Wildman–Crippen LogP) is 1.66. The molecule has 0 spiro atoms. The van der Waals surface area contributed by atoms with Crippen molar-refractivity contribution < 1.29 is 29.4 Å². The van der Waals surface area contributed by atoms with Crippen LogP contribution in [-0.4, -0.2) is 34.0 Å². The molecule has 2 aromatic rings. The third kappa shape index (κ3) is 3.74. The zero-order chi connectivity index (χ0) is 17.7. The highest BCUT2D eigenvalue weighted by Crippen LogP contribution is 2.17. The van der Waals surface area contributed by atoms with Crippen molar-refractivity contribution in [2.75, 3.05) is 10.6 Å². The number of rotatable bonds is 4. The van der Waals surface area contributed by atoms with Gasteiger partial charge in [-0.2, -0.15) is 0 Å². The van der Waals surface area contributed by atoms with Crippen molar-refractivity contribution in [2.45, 2.75) is 0 Å². The van der Waals surface area contributed by atoms with E-state index in [0.717, 1.165) is 0 Å². The van der Waals surface area contributed by atoms with E-state index in [0.29, 0.717) is 0 Å². The molecule has 4 N–H and O–H groups in total. The van der Waals surface area contributed by atoms with Crippen molar-refractivity contribution in [2.24, 2.45) is 0 Å². The Morgan fingerprint density at radius 1 is 0.625 bits per heavy atom. The molecule has 0 aliphatic carbocycles. The molecule has 2 amide bonds. The zero-order valence-electron chi connectivity index (χ0n) is 12.1. The summed E-state index contributed by atoms with van der Waals surface area (Å²) in [5.41, 5.74) is -0.442. The molecule has 0 aromatic heterocycles. The molecule has 0 bridgehead atoms. The maximum Gasteiger partial charge on any atom is 0.337 e. The molecule has 24 heavy (non-hydrogen) atoms. The van der Waals surface area contributed by atoms with E-state index in [1.807, 2.05) is 0 Å². The van der Waals surface area contributed by atoms with Crippen molar-refractivity contribution in [1.82, 2.24) is 0 Å². The monoisotopic (exact) mass is 328 g/mol. The van der Waals surface area contributed by atoms with Crippen molar-refractivity contribution in [1.29, 1.82) is 0 Å². The minimum atomic E-state index is -1.26. The van der Waals surface area contributed by atoms with Crippen LogP contribution in [0.4, 0.5) is 11.4 Å². The molecular weight excluding hydrogens is 316 g/mol. The van der Waals surface area contributed by atoms with Crippen LogP contribution >= 0.6 is 0 Å². The van der Waals surface area contributed by atoms with E-state index in [2.05, 4.69) is 10.6 Å². The van der Waals surface area contributed by atoms with Gasteiger partial charge in [0.1, 0.15) is 0 Å². The number of nitrogens with one attached hydrogen (secondary N) is 2. The molecule has 2 aromatic carbocycles. The number of carbonyl (C=O) groups is 4. The molecular formula is C16H12N2O6. The maximum atomic E-state index is 11.9. The molecule has 2 rings (SSSR count). The van der Waals surface area contributed by atoms with Crippen molar-refractivity contribution in [3.8, 4) is 0 Å². The summed E-state index contributed by atoms with van der Waals surface area (Å²) in [5, 5.41) is 22.4. The third-order valence-electron chi connectivity index (χ3n) is 3.02. The van der Waals surface area contributed by atoms with E-state index in [-0.39, 0.29) is 22.5 Å². The summed E-state index contributed by atoms with van der Waals surface area (Å²) in [6, 6.07) is 11.2. The Hall–Kier alpha value is -3.68. The van der Waals surface area contributed by atoms with E-state index >= 15 is 0 Å². The fourth-order valence-corrected chi connectivity index (χ4v) is 1.92. The van der Waals surface area contributed by atoms with Gasteiger partial charge in [-0.25, -0.2) is 9.59 Å². The Morgan fingerprint density at radius 3 is 1.29 bits per heavy atom. The molecule has 0 saturated heterocycles. The molecule has 0 fully saturated rings. The molecule has 0 heterocycles. The highest BCUT2D eigenvalue weighted by molar-refractivity contribution is 6.44. The molecule has 0 radical (unpaired) electrons. The number of carboxylic acid groups (broad SMARTS) is 2. The number of carboxylic acids is 2. The van der Waals surface area contributed by atoms with Gasteiger partial charge < -0.3 is 20.8 Å². The molecule has 0 aliphatic rings. The minimum absolute atomic E-state index is 0.0448. The van der Waals surface area contributed by atoms with Crippen LogP contribution in [0.3, 0.4) is 0 Å². The topological polar surface area (TPSA) is 133 Å². The number of carbonyl (C=O) groups excluding carboxylic acids is 2. The van der Waals surface area contributed by atoms with Gasteiger partial charge in [-0.15, -0.1) is 0 Å². The number of amides is 2. The van der Waals surface area contributed by atoms with Gasteiger partial charge in [-0.1, -0.05) is 24.3 Å². The molecule has 0 unspecified atom stereocenters. The first kappa shape index (κ1) is 16.7. The second-order valence-electron chi connectivity index (χ2n) is 4.61. The average Bonchev–Trinajstić information content (AvgIpc) is 2.55. The van der Waals surface area contributed by atoms with Crippen LogP contribution in [0.1, 0.15) is 20.7 Å². The van der Waals surface area contributed by atoms with E-state index in [1.165, 1.54) is 48.5 Å². The van der Waals surface area contributed by atoms with Crippen LogP contribution in [0, 0.1) is 0 Å². The summed E-state index contributed by atoms with van der Waals surface area (Å²) in [6.45, 7) is 0. The Labute approximate surface area is 135 Å². The molecule has 8 nitrogen and oxygen atoms in total. The third-order valence-corrected chi connectivity index (χ3v) is 3.02.